The molecule has 0 N–H and O–H groups in total. The molecule has 1 fully saturated rings. The van der Waals surface area contributed by atoms with Crippen molar-refractivity contribution < 1.29 is 14.3 Å². The van der Waals surface area contributed by atoms with Crippen molar-refractivity contribution in [1.82, 2.24) is 9.80 Å². The maximum Gasteiger partial charge on any atom is 0.260 e. The molecule has 1 aliphatic rings. The molecule has 2 aromatic rings. The molecule has 0 bridgehead atoms. The number of carbonyl (C=O) groups is 2. The molecule has 3 rings (SSSR count). The van der Waals surface area contributed by atoms with Gasteiger partial charge in [-0.2, -0.15) is 0 Å². The van der Waals surface area contributed by atoms with E-state index in [0.717, 1.165) is 16.9 Å². The molecule has 1 saturated heterocycles. The minimum absolute atomic E-state index is 0.00896. The number of aryl methyl sites for hydroxylation is 2. The second kappa shape index (κ2) is 8.44. The largest absolute Gasteiger partial charge is 0.484 e. The highest BCUT2D eigenvalue weighted by Gasteiger charge is 2.25. The summed E-state index contributed by atoms with van der Waals surface area (Å²) in [4.78, 5) is 28.4. The van der Waals surface area contributed by atoms with Crippen molar-refractivity contribution in [3.8, 4) is 5.75 Å². The number of halogens is 1. The van der Waals surface area contributed by atoms with Gasteiger partial charge in [0, 0.05) is 36.8 Å². The minimum atomic E-state index is -0.0615. The number of ether oxygens (including phenoxy) is 1. The summed E-state index contributed by atoms with van der Waals surface area (Å²) >= 11 is 5.87. The average Bonchev–Trinajstić information content (AvgIpc) is 2.67. The summed E-state index contributed by atoms with van der Waals surface area (Å²) in [6, 6.07) is 12.7. The molecule has 0 saturated carbocycles. The van der Waals surface area contributed by atoms with Gasteiger partial charge in [0.1, 0.15) is 5.75 Å². The summed E-state index contributed by atoms with van der Waals surface area (Å²) in [6.45, 7) is 6.03. The molecule has 27 heavy (non-hydrogen) atoms. The highest BCUT2D eigenvalue weighted by molar-refractivity contribution is 6.30. The number of rotatable bonds is 4. The van der Waals surface area contributed by atoms with Crippen LogP contribution < -0.4 is 4.74 Å². The summed E-state index contributed by atoms with van der Waals surface area (Å²) in [6.07, 6.45) is 0. The van der Waals surface area contributed by atoms with Crippen LogP contribution in [0, 0.1) is 13.8 Å². The van der Waals surface area contributed by atoms with Gasteiger partial charge in [0.05, 0.1) is 0 Å². The first-order valence-electron chi connectivity index (χ1n) is 8.97. The van der Waals surface area contributed by atoms with Gasteiger partial charge in [-0.1, -0.05) is 29.3 Å². The Morgan fingerprint density at radius 3 is 2.22 bits per heavy atom. The van der Waals surface area contributed by atoms with Crippen LogP contribution in [0.2, 0.25) is 5.02 Å². The fourth-order valence-electron chi connectivity index (χ4n) is 3.13. The molecule has 0 atom stereocenters. The number of hydrogen-bond acceptors (Lipinski definition) is 3. The molecule has 1 aliphatic heterocycles. The number of benzene rings is 2. The molecule has 0 unspecified atom stereocenters. The molecule has 0 radical (unpaired) electrons. The van der Waals surface area contributed by atoms with Crippen LogP contribution in [0.25, 0.3) is 0 Å². The highest BCUT2D eigenvalue weighted by Crippen LogP contribution is 2.19. The van der Waals surface area contributed by atoms with Crippen LogP contribution in [0.5, 0.6) is 5.75 Å². The van der Waals surface area contributed by atoms with Crippen molar-refractivity contribution in [2.24, 2.45) is 0 Å². The van der Waals surface area contributed by atoms with Crippen LogP contribution >= 0.6 is 11.6 Å². The first kappa shape index (κ1) is 19.2. The molecule has 2 amide bonds. The third kappa shape index (κ3) is 4.80. The standard InChI is InChI=1S/C21H23ClN2O3/c1-15-3-8-19(16(2)13-15)27-14-20(25)23-9-11-24(12-10-23)21(26)17-4-6-18(22)7-5-17/h3-8,13H,9-12,14H2,1-2H3. The van der Waals surface area contributed by atoms with Crippen molar-refractivity contribution in [3.63, 3.8) is 0 Å². The fourth-order valence-corrected chi connectivity index (χ4v) is 3.25. The molecule has 0 aliphatic carbocycles. The summed E-state index contributed by atoms with van der Waals surface area (Å²) in [5.74, 6) is 0.629. The van der Waals surface area contributed by atoms with E-state index in [4.69, 9.17) is 16.3 Å². The van der Waals surface area contributed by atoms with E-state index < -0.39 is 0 Å². The molecule has 142 valence electrons. The summed E-state index contributed by atoms with van der Waals surface area (Å²) in [5, 5.41) is 0.603. The fraction of sp³-hybridized carbons (Fsp3) is 0.333. The maximum atomic E-state index is 12.5. The zero-order valence-electron chi connectivity index (χ0n) is 15.6. The number of amides is 2. The lowest BCUT2D eigenvalue weighted by Gasteiger charge is -2.34. The van der Waals surface area contributed by atoms with E-state index in [9.17, 15) is 9.59 Å². The molecule has 5 nitrogen and oxygen atoms in total. The van der Waals surface area contributed by atoms with Crippen molar-refractivity contribution >= 4 is 23.4 Å². The lowest BCUT2D eigenvalue weighted by atomic mass is 10.1. The van der Waals surface area contributed by atoms with Gasteiger partial charge < -0.3 is 14.5 Å². The molecule has 6 heteroatoms. The first-order valence-corrected chi connectivity index (χ1v) is 9.34. The van der Waals surface area contributed by atoms with Crippen LogP contribution in [0.3, 0.4) is 0 Å². The molecule has 0 spiro atoms. The van der Waals surface area contributed by atoms with Gasteiger partial charge >= 0.3 is 0 Å². The topological polar surface area (TPSA) is 49.9 Å². The SMILES string of the molecule is Cc1ccc(OCC(=O)N2CCN(C(=O)c3ccc(Cl)cc3)CC2)c(C)c1. The maximum absolute atomic E-state index is 12.5. The van der Waals surface area contributed by atoms with E-state index in [2.05, 4.69) is 0 Å². The van der Waals surface area contributed by atoms with Crippen molar-refractivity contribution in [3.05, 3.63) is 64.2 Å². The van der Waals surface area contributed by atoms with Crippen molar-refractivity contribution in [2.75, 3.05) is 32.8 Å². The van der Waals surface area contributed by atoms with Crippen LogP contribution in [0.1, 0.15) is 21.5 Å². The second-order valence-electron chi connectivity index (χ2n) is 6.74. The van der Waals surface area contributed by atoms with E-state index in [1.54, 1.807) is 34.1 Å². The Kier molecular flexibility index (Phi) is 6.01. The van der Waals surface area contributed by atoms with Gasteiger partial charge in [-0.25, -0.2) is 0 Å². The Bertz CT molecular complexity index is 828. The van der Waals surface area contributed by atoms with Crippen LogP contribution in [-0.2, 0) is 4.79 Å². The molecule has 1 heterocycles. The van der Waals surface area contributed by atoms with Gasteiger partial charge in [0.15, 0.2) is 6.61 Å². The minimum Gasteiger partial charge on any atom is -0.484 e. The van der Waals surface area contributed by atoms with Gasteiger partial charge in [-0.3, -0.25) is 9.59 Å². The summed E-state index contributed by atoms with van der Waals surface area (Å²) < 4.78 is 5.68. The molecular weight excluding hydrogens is 364 g/mol. The summed E-state index contributed by atoms with van der Waals surface area (Å²) in [5.41, 5.74) is 2.78. The van der Waals surface area contributed by atoms with E-state index >= 15 is 0 Å². The third-order valence-electron chi connectivity index (χ3n) is 4.69. The van der Waals surface area contributed by atoms with E-state index in [1.165, 1.54) is 0 Å². The number of nitrogens with zero attached hydrogens (tertiary/aromatic N) is 2. The van der Waals surface area contributed by atoms with Gasteiger partial charge in [-0.15, -0.1) is 0 Å². The van der Waals surface area contributed by atoms with Crippen molar-refractivity contribution in [1.29, 1.82) is 0 Å². The van der Waals surface area contributed by atoms with Gasteiger partial charge in [0.25, 0.3) is 11.8 Å². The quantitative estimate of drug-likeness (QED) is 0.809. The number of carbonyl (C=O) groups excluding carboxylic acids is 2. The van der Waals surface area contributed by atoms with Gasteiger partial charge in [-0.05, 0) is 49.7 Å². The summed E-state index contributed by atoms with van der Waals surface area (Å²) in [7, 11) is 0. The lowest BCUT2D eigenvalue weighted by molar-refractivity contribution is -0.134. The monoisotopic (exact) mass is 386 g/mol. The highest BCUT2D eigenvalue weighted by atomic mass is 35.5. The zero-order chi connectivity index (χ0) is 19.4. The Hall–Kier alpha value is -2.53. The average molecular weight is 387 g/mol. The Labute approximate surface area is 164 Å². The zero-order valence-corrected chi connectivity index (χ0v) is 16.3. The predicted molar refractivity (Wildman–Crippen MR) is 105 cm³/mol. The second-order valence-corrected chi connectivity index (χ2v) is 7.17. The smallest absolute Gasteiger partial charge is 0.260 e. The van der Waals surface area contributed by atoms with E-state index in [1.807, 2.05) is 32.0 Å². The molecule has 0 aromatic heterocycles. The Morgan fingerprint density at radius 1 is 0.963 bits per heavy atom. The molecular formula is C21H23ClN2O3. The van der Waals surface area contributed by atoms with Crippen molar-refractivity contribution in [2.45, 2.75) is 13.8 Å². The Morgan fingerprint density at radius 2 is 1.59 bits per heavy atom. The van der Waals surface area contributed by atoms with Crippen LogP contribution in [0.15, 0.2) is 42.5 Å². The third-order valence-corrected chi connectivity index (χ3v) is 4.94. The number of hydrogen-bond donors (Lipinski definition) is 0. The predicted octanol–water partition coefficient (Wildman–Crippen LogP) is 3.32. The van der Waals surface area contributed by atoms with Crippen LogP contribution in [-0.4, -0.2) is 54.4 Å². The molecule has 2 aromatic carbocycles. The normalized spacial score (nSPS) is 14.2. The van der Waals surface area contributed by atoms with E-state index in [0.29, 0.717) is 36.8 Å². The number of piperazine rings is 1. The Balaban J connectivity index is 1.50. The first-order chi connectivity index (χ1) is 12.9. The lowest BCUT2D eigenvalue weighted by Crippen LogP contribution is -2.51. The van der Waals surface area contributed by atoms with E-state index in [-0.39, 0.29) is 18.4 Å². The van der Waals surface area contributed by atoms with Crippen LogP contribution in [0.4, 0.5) is 0 Å². The van der Waals surface area contributed by atoms with Gasteiger partial charge in [0.2, 0.25) is 0 Å².